The van der Waals surface area contributed by atoms with Crippen molar-refractivity contribution in [2.45, 2.75) is 23.8 Å². The average molecular weight is 368 g/mol. The number of rotatable bonds is 4. The molecule has 0 atom stereocenters. The summed E-state index contributed by atoms with van der Waals surface area (Å²) in [4.78, 5) is 14.1. The van der Waals surface area contributed by atoms with Gasteiger partial charge in [0.05, 0.1) is 11.5 Å². The van der Waals surface area contributed by atoms with Gasteiger partial charge < -0.3 is 9.32 Å². The van der Waals surface area contributed by atoms with Gasteiger partial charge in [0.15, 0.2) is 9.84 Å². The van der Waals surface area contributed by atoms with Gasteiger partial charge in [-0.1, -0.05) is 11.6 Å². The molecule has 0 bridgehead atoms. The largest absolute Gasteiger partial charge is 0.468 e. The molecule has 0 radical (unpaired) electrons. The molecule has 1 amide bonds. The van der Waals surface area contributed by atoms with Crippen LogP contribution in [-0.2, 0) is 15.6 Å². The lowest BCUT2D eigenvalue weighted by Gasteiger charge is -2.31. The standard InChI is InChI=1S/C17H18ClNO4S/c18-14-5-3-13(4-6-14)17(20)19-9-7-16(8-10-19)24(21,22)12-15-2-1-11-23-15/h1-6,11,16H,7-10,12H2. The summed E-state index contributed by atoms with van der Waals surface area (Å²) in [6.07, 6.45) is 2.36. The topological polar surface area (TPSA) is 67.6 Å². The average Bonchev–Trinajstić information content (AvgIpc) is 3.07. The van der Waals surface area contributed by atoms with Gasteiger partial charge in [0.2, 0.25) is 0 Å². The van der Waals surface area contributed by atoms with Crippen molar-refractivity contribution >= 4 is 27.3 Å². The summed E-state index contributed by atoms with van der Waals surface area (Å²) in [5.74, 6) is 0.277. The molecule has 1 fully saturated rings. The fourth-order valence-corrected chi connectivity index (χ4v) is 4.76. The van der Waals surface area contributed by atoms with Gasteiger partial charge in [0.25, 0.3) is 5.91 Å². The highest BCUT2D eigenvalue weighted by molar-refractivity contribution is 7.91. The number of hydrogen-bond donors (Lipinski definition) is 0. The Labute approximate surface area is 146 Å². The molecule has 1 aliphatic heterocycles. The lowest BCUT2D eigenvalue weighted by Crippen LogP contribution is -2.42. The fraction of sp³-hybridized carbons (Fsp3) is 0.353. The summed E-state index contributed by atoms with van der Waals surface area (Å²) in [7, 11) is -3.27. The summed E-state index contributed by atoms with van der Waals surface area (Å²) < 4.78 is 30.1. The fourth-order valence-electron chi connectivity index (χ4n) is 2.90. The van der Waals surface area contributed by atoms with Gasteiger partial charge in [0.1, 0.15) is 11.5 Å². The number of carbonyl (C=O) groups excluding carboxylic acids is 1. The van der Waals surface area contributed by atoms with Crippen molar-refractivity contribution in [3.63, 3.8) is 0 Å². The van der Waals surface area contributed by atoms with Crippen molar-refractivity contribution in [1.29, 1.82) is 0 Å². The maximum atomic E-state index is 12.5. The first kappa shape index (κ1) is 17.0. The number of likely N-dealkylation sites (tertiary alicyclic amines) is 1. The van der Waals surface area contributed by atoms with Crippen molar-refractivity contribution in [2.24, 2.45) is 0 Å². The van der Waals surface area contributed by atoms with E-state index in [0.29, 0.717) is 42.3 Å². The molecule has 3 rings (SSSR count). The molecule has 128 valence electrons. The highest BCUT2D eigenvalue weighted by atomic mass is 35.5. The van der Waals surface area contributed by atoms with Crippen molar-refractivity contribution in [2.75, 3.05) is 13.1 Å². The number of halogens is 1. The monoisotopic (exact) mass is 367 g/mol. The minimum absolute atomic E-state index is 0.0875. The Morgan fingerprint density at radius 3 is 2.42 bits per heavy atom. The highest BCUT2D eigenvalue weighted by Gasteiger charge is 2.32. The molecular weight excluding hydrogens is 350 g/mol. The number of amides is 1. The zero-order valence-electron chi connectivity index (χ0n) is 13.0. The van der Waals surface area contributed by atoms with Gasteiger partial charge in [-0.05, 0) is 49.2 Å². The quantitative estimate of drug-likeness (QED) is 0.832. The van der Waals surface area contributed by atoms with Gasteiger partial charge in [-0.15, -0.1) is 0 Å². The Morgan fingerprint density at radius 2 is 1.83 bits per heavy atom. The van der Waals surface area contributed by atoms with E-state index >= 15 is 0 Å². The van der Waals surface area contributed by atoms with Crippen LogP contribution in [0.5, 0.6) is 0 Å². The van der Waals surface area contributed by atoms with E-state index < -0.39 is 15.1 Å². The number of piperidine rings is 1. The Kier molecular flexibility index (Phi) is 4.96. The molecule has 1 saturated heterocycles. The van der Waals surface area contributed by atoms with Crippen LogP contribution < -0.4 is 0 Å². The van der Waals surface area contributed by atoms with Crippen LogP contribution in [0.2, 0.25) is 5.02 Å². The molecule has 24 heavy (non-hydrogen) atoms. The molecular formula is C17H18ClNO4S. The third-order valence-corrected chi connectivity index (χ3v) is 6.68. The highest BCUT2D eigenvalue weighted by Crippen LogP contribution is 2.23. The van der Waals surface area contributed by atoms with Crippen LogP contribution in [0.1, 0.15) is 29.0 Å². The second-order valence-electron chi connectivity index (χ2n) is 5.89. The zero-order valence-corrected chi connectivity index (χ0v) is 14.6. The first-order valence-corrected chi connectivity index (χ1v) is 9.84. The molecule has 0 saturated carbocycles. The second-order valence-corrected chi connectivity index (χ2v) is 8.60. The smallest absolute Gasteiger partial charge is 0.253 e. The van der Waals surface area contributed by atoms with E-state index in [1.807, 2.05) is 0 Å². The van der Waals surface area contributed by atoms with E-state index in [4.69, 9.17) is 16.0 Å². The molecule has 7 heteroatoms. The van der Waals surface area contributed by atoms with Crippen molar-refractivity contribution in [3.05, 3.63) is 59.0 Å². The number of furan rings is 1. The van der Waals surface area contributed by atoms with Crippen LogP contribution in [0.3, 0.4) is 0 Å². The van der Waals surface area contributed by atoms with Gasteiger partial charge in [-0.25, -0.2) is 8.42 Å². The van der Waals surface area contributed by atoms with E-state index in [1.54, 1.807) is 41.3 Å². The molecule has 0 unspecified atom stereocenters. The van der Waals surface area contributed by atoms with Crippen molar-refractivity contribution < 1.29 is 17.6 Å². The summed E-state index contributed by atoms with van der Waals surface area (Å²) in [6, 6.07) is 10.1. The first-order chi connectivity index (χ1) is 11.5. The second kappa shape index (κ2) is 6.99. The van der Waals surface area contributed by atoms with Crippen molar-refractivity contribution in [3.8, 4) is 0 Å². The minimum atomic E-state index is -3.27. The van der Waals surface area contributed by atoms with Gasteiger partial charge >= 0.3 is 0 Å². The minimum Gasteiger partial charge on any atom is -0.468 e. The SMILES string of the molecule is O=C(c1ccc(Cl)cc1)N1CCC(S(=O)(=O)Cc2ccco2)CC1. The molecule has 2 aromatic rings. The van der Waals surface area contributed by atoms with Gasteiger partial charge in [-0.3, -0.25) is 4.79 Å². The molecule has 1 aromatic heterocycles. The predicted octanol–water partition coefficient (Wildman–Crippen LogP) is 3.15. The third kappa shape index (κ3) is 3.82. The van der Waals surface area contributed by atoms with E-state index in [-0.39, 0.29) is 11.7 Å². The van der Waals surface area contributed by atoms with Gasteiger partial charge in [0, 0.05) is 23.7 Å². The summed E-state index contributed by atoms with van der Waals surface area (Å²) >= 11 is 5.83. The molecule has 1 aromatic carbocycles. The maximum absolute atomic E-state index is 12.5. The lowest BCUT2D eigenvalue weighted by molar-refractivity contribution is 0.0725. The zero-order chi connectivity index (χ0) is 17.2. The maximum Gasteiger partial charge on any atom is 0.253 e. The van der Waals surface area contributed by atoms with Gasteiger partial charge in [-0.2, -0.15) is 0 Å². The van der Waals surface area contributed by atoms with Crippen LogP contribution in [0.15, 0.2) is 47.1 Å². The number of sulfone groups is 1. The molecule has 5 nitrogen and oxygen atoms in total. The Bertz CT molecular complexity index is 792. The summed E-state index contributed by atoms with van der Waals surface area (Å²) in [5.41, 5.74) is 0.566. The Hall–Kier alpha value is -1.79. The Morgan fingerprint density at radius 1 is 1.17 bits per heavy atom. The first-order valence-electron chi connectivity index (χ1n) is 7.74. The molecule has 0 spiro atoms. The van der Waals surface area contributed by atoms with Crippen LogP contribution >= 0.6 is 11.6 Å². The molecule has 1 aliphatic rings. The van der Waals surface area contributed by atoms with E-state index in [1.165, 1.54) is 6.26 Å². The number of nitrogens with zero attached hydrogens (tertiary/aromatic N) is 1. The van der Waals surface area contributed by atoms with Crippen LogP contribution in [0.25, 0.3) is 0 Å². The molecule has 2 heterocycles. The van der Waals surface area contributed by atoms with E-state index in [9.17, 15) is 13.2 Å². The van der Waals surface area contributed by atoms with Crippen LogP contribution in [-0.4, -0.2) is 37.6 Å². The van der Waals surface area contributed by atoms with Crippen LogP contribution in [0.4, 0.5) is 0 Å². The lowest BCUT2D eigenvalue weighted by atomic mass is 10.1. The van der Waals surface area contributed by atoms with Crippen LogP contribution in [0, 0.1) is 0 Å². The van der Waals surface area contributed by atoms with Crippen molar-refractivity contribution in [1.82, 2.24) is 4.90 Å². The normalized spacial score (nSPS) is 16.3. The summed E-state index contributed by atoms with van der Waals surface area (Å²) in [5, 5.41) is 0.145. The molecule has 0 aliphatic carbocycles. The number of hydrogen-bond acceptors (Lipinski definition) is 4. The van der Waals surface area contributed by atoms with E-state index in [2.05, 4.69) is 0 Å². The predicted molar refractivity (Wildman–Crippen MR) is 91.7 cm³/mol. The third-order valence-electron chi connectivity index (χ3n) is 4.25. The number of benzene rings is 1. The molecule has 0 N–H and O–H groups in total. The van der Waals surface area contributed by atoms with E-state index in [0.717, 1.165) is 0 Å². The Balaban J connectivity index is 1.61. The number of carbonyl (C=O) groups is 1. The summed E-state index contributed by atoms with van der Waals surface area (Å²) in [6.45, 7) is 0.868.